The molecule has 1 heterocycles. The molecule has 124 valence electrons. The van der Waals surface area contributed by atoms with Gasteiger partial charge in [0.2, 0.25) is 0 Å². The highest BCUT2D eigenvalue weighted by atomic mass is 19.1. The van der Waals surface area contributed by atoms with Crippen LogP contribution in [0, 0.1) is 19.7 Å². The topological polar surface area (TPSA) is 14.2 Å². The Morgan fingerprint density at radius 2 is 1.62 bits per heavy atom. The molecule has 0 radical (unpaired) electrons. The van der Waals surface area contributed by atoms with Gasteiger partial charge in [-0.15, -0.1) is 0 Å². The molecule has 0 atom stereocenters. The highest BCUT2D eigenvalue weighted by molar-refractivity contribution is 5.66. The maximum Gasteiger partial charge on any atom is 0.123 e. The van der Waals surface area contributed by atoms with Crippen LogP contribution < -0.4 is 0 Å². The van der Waals surface area contributed by atoms with E-state index in [9.17, 15) is 4.39 Å². The largest absolute Gasteiger partial charge is 0.384 e. The monoisotopic (exact) mass is 323 g/mol. The van der Waals surface area contributed by atoms with Crippen LogP contribution in [-0.2, 0) is 11.2 Å². The first-order valence-electron chi connectivity index (χ1n) is 8.13. The van der Waals surface area contributed by atoms with Gasteiger partial charge in [-0.05, 0) is 61.7 Å². The number of benzene rings is 2. The van der Waals surface area contributed by atoms with Crippen molar-refractivity contribution in [1.82, 2.24) is 4.57 Å². The van der Waals surface area contributed by atoms with Crippen LogP contribution in [0.3, 0.4) is 0 Å². The lowest BCUT2D eigenvalue weighted by atomic mass is 10.1. The van der Waals surface area contributed by atoms with E-state index in [1.165, 1.54) is 23.3 Å². The molecule has 2 aromatic carbocycles. The zero-order valence-electron chi connectivity index (χ0n) is 14.3. The maximum atomic E-state index is 13.3. The summed E-state index contributed by atoms with van der Waals surface area (Å²) in [6, 6.07) is 17.3. The maximum absolute atomic E-state index is 13.3. The van der Waals surface area contributed by atoms with Crippen molar-refractivity contribution in [2.75, 3.05) is 13.7 Å². The molecule has 0 bridgehead atoms. The molecule has 2 nitrogen and oxygen atoms in total. The Balaban J connectivity index is 2.15. The van der Waals surface area contributed by atoms with Gasteiger partial charge in [-0.3, -0.25) is 0 Å². The molecule has 3 heteroatoms. The standard InChI is InChI=1S/C21H22FNO/c1-15-4-6-17(7-5-15)21-14-18(12-13-24-3)16(2)23(21)20-10-8-19(22)9-11-20/h4-11,14H,12-13H2,1-3H3. The summed E-state index contributed by atoms with van der Waals surface area (Å²) >= 11 is 0. The predicted molar refractivity (Wildman–Crippen MR) is 96.2 cm³/mol. The van der Waals surface area contributed by atoms with Crippen molar-refractivity contribution in [3.05, 3.63) is 77.2 Å². The lowest BCUT2D eigenvalue weighted by Gasteiger charge is -2.13. The lowest BCUT2D eigenvalue weighted by molar-refractivity contribution is 0.202. The molecule has 0 aliphatic rings. The summed E-state index contributed by atoms with van der Waals surface area (Å²) < 4.78 is 20.7. The molecule has 0 aliphatic heterocycles. The number of aryl methyl sites for hydroxylation is 1. The molecule has 0 unspecified atom stereocenters. The van der Waals surface area contributed by atoms with E-state index < -0.39 is 0 Å². The van der Waals surface area contributed by atoms with Crippen molar-refractivity contribution in [3.8, 4) is 16.9 Å². The van der Waals surface area contributed by atoms with Crippen LogP contribution in [-0.4, -0.2) is 18.3 Å². The Labute approximate surface area is 142 Å². The van der Waals surface area contributed by atoms with Gasteiger partial charge in [0.1, 0.15) is 5.82 Å². The van der Waals surface area contributed by atoms with E-state index in [2.05, 4.69) is 48.7 Å². The number of hydrogen-bond donors (Lipinski definition) is 0. The van der Waals surface area contributed by atoms with Gasteiger partial charge in [-0.25, -0.2) is 4.39 Å². The smallest absolute Gasteiger partial charge is 0.123 e. The summed E-state index contributed by atoms with van der Waals surface area (Å²) in [5, 5.41) is 0. The van der Waals surface area contributed by atoms with Gasteiger partial charge in [-0.1, -0.05) is 29.8 Å². The molecule has 0 spiro atoms. The minimum Gasteiger partial charge on any atom is -0.384 e. The molecule has 0 fully saturated rings. The van der Waals surface area contributed by atoms with Gasteiger partial charge < -0.3 is 9.30 Å². The van der Waals surface area contributed by atoms with Crippen molar-refractivity contribution in [3.63, 3.8) is 0 Å². The van der Waals surface area contributed by atoms with Crippen molar-refractivity contribution in [2.24, 2.45) is 0 Å². The van der Waals surface area contributed by atoms with Crippen LogP contribution in [0.15, 0.2) is 54.6 Å². The van der Waals surface area contributed by atoms with Crippen molar-refractivity contribution in [1.29, 1.82) is 0 Å². The number of hydrogen-bond acceptors (Lipinski definition) is 1. The fourth-order valence-electron chi connectivity index (χ4n) is 2.98. The summed E-state index contributed by atoms with van der Waals surface area (Å²) in [4.78, 5) is 0. The Morgan fingerprint density at radius 1 is 0.958 bits per heavy atom. The Hall–Kier alpha value is -2.39. The molecule has 3 rings (SSSR count). The van der Waals surface area contributed by atoms with Gasteiger partial charge in [0.05, 0.1) is 12.3 Å². The number of nitrogens with zero attached hydrogens (tertiary/aromatic N) is 1. The molecular formula is C21H22FNO. The number of methoxy groups -OCH3 is 1. The summed E-state index contributed by atoms with van der Waals surface area (Å²) in [5.41, 5.74) is 6.87. The van der Waals surface area contributed by atoms with E-state index in [4.69, 9.17) is 4.74 Å². The molecular weight excluding hydrogens is 301 g/mol. The zero-order valence-corrected chi connectivity index (χ0v) is 14.3. The summed E-state index contributed by atoms with van der Waals surface area (Å²) in [7, 11) is 1.72. The third kappa shape index (κ3) is 3.26. The van der Waals surface area contributed by atoms with E-state index in [1.54, 1.807) is 7.11 Å². The second-order valence-electron chi connectivity index (χ2n) is 6.06. The molecule has 1 aromatic heterocycles. The van der Waals surface area contributed by atoms with E-state index in [-0.39, 0.29) is 5.82 Å². The van der Waals surface area contributed by atoms with Crippen molar-refractivity contribution < 1.29 is 9.13 Å². The van der Waals surface area contributed by atoms with Crippen molar-refractivity contribution in [2.45, 2.75) is 20.3 Å². The lowest BCUT2D eigenvalue weighted by Crippen LogP contribution is -2.01. The minimum absolute atomic E-state index is 0.222. The molecule has 3 aromatic rings. The van der Waals surface area contributed by atoms with Gasteiger partial charge in [0, 0.05) is 18.5 Å². The van der Waals surface area contributed by atoms with Crippen molar-refractivity contribution >= 4 is 0 Å². The summed E-state index contributed by atoms with van der Waals surface area (Å²) in [6.07, 6.45) is 0.857. The van der Waals surface area contributed by atoms with Gasteiger partial charge in [0.15, 0.2) is 0 Å². The molecule has 0 amide bonds. The van der Waals surface area contributed by atoms with E-state index >= 15 is 0 Å². The average molecular weight is 323 g/mol. The first kappa shape index (κ1) is 16.5. The Morgan fingerprint density at radius 3 is 2.25 bits per heavy atom. The first-order chi connectivity index (χ1) is 11.6. The van der Waals surface area contributed by atoms with Gasteiger partial charge in [0.25, 0.3) is 0 Å². The molecule has 0 saturated heterocycles. The molecule has 24 heavy (non-hydrogen) atoms. The number of ether oxygens (including phenoxy) is 1. The predicted octanol–water partition coefficient (Wildman–Crippen LogP) is 5.09. The second kappa shape index (κ2) is 7.02. The van der Waals surface area contributed by atoms with Crippen LogP contribution >= 0.6 is 0 Å². The molecule has 0 saturated carbocycles. The highest BCUT2D eigenvalue weighted by Crippen LogP contribution is 2.30. The van der Waals surface area contributed by atoms with Crippen LogP contribution in [0.4, 0.5) is 4.39 Å². The average Bonchev–Trinajstić information content (AvgIpc) is 2.91. The normalized spacial score (nSPS) is 11.0. The van der Waals surface area contributed by atoms with Gasteiger partial charge >= 0.3 is 0 Å². The minimum atomic E-state index is -0.222. The third-order valence-electron chi connectivity index (χ3n) is 4.36. The number of rotatable bonds is 5. The summed E-state index contributed by atoms with van der Waals surface area (Å²) in [5.74, 6) is -0.222. The quantitative estimate of drug-likeness (QED) is 0.638. The van der Waals surface area contributed by atoms with Crippen LogP contribution in [0.2, 0.25) is 0 Å². The SMILES string of the molecule is COCCc1cc(-c2ccc(C)cc2)n(-c2ccc(F)cc2)c1C. The Bertz CT molecular complexity index is 816. The summed E-state index contributed by atoms with van der Waals surface area (Å²) in [6.45, 7) is 4.87. The van der Waals surface area contributed by atoms with E-state index in [1.807, 2.05) is 12.1 Å². The zero-order chi connectivity index (χ0) is 17.1. The number of halogens is 1. The second-order valence-corrected chi connectivity index (χ2v) is 6.06. The first-order valence-corrected chi connectivity index (χ1v) is 8.13. The van der Waals surface area contributed by atoms with Crippen LogP contribution in [0.25, 0.3) is 16.9 Å². The molecule has 0 N–H and O–H groups in total. The van der Waals surface area contributed by atoms with Gasteiger partial charge in [-0.2, -0.15) is 0 Å². The Kier molecular flexibility index (Phi) is 4.81. The van der Waals surface area contributed by atoms with E-state index in [0.717, 1.165) is 29.1 Å². The molecule has 0 aliphatic carbocycles. The third-order valence-corrected chi connectivity index (χ3v) is 4.36. The number of aromatic nitrogens is 1. The van der Waals surface area contributed by atoms with Crippen LogP contribution in [0.5, 0.6) is 0 Å². The van der Waals surface area contributed by atoms with Crippen LogP contribution in [0.1, 0.15) is 16.8 Å². The fourth-order valence-corrected chi connectivity index (χ4v) is 2.98. The highest BCUT2D eigenvalue weighted by Gasteiger charge is 2.15. The van der Waals surface area contributed by atoms with E-state index in [0.29, 0.717) is 6.61 Å². The fraction of sp³-hybridized carbons (Fsp3) is 0.238.